The summed E-state index contributed by atoms with van der Waals surface area (Å²) in [5.41, 5.74) is -2.39. The van der Waals surface area contributed by atoms with Gasteiger partial charge in [0.05, 0.1) is 59.5 Å². The van der Waals surface area contributed by atoms with Crippen molar-refractivity contribution in [2.45, 2.75) is 176 Å². The van der Waals surface area contributed by atoms with Crippen molar-refractivity contribution in [3.8, 4) is 11.5 Å². The molecule has 0 radical (unpaired) electrons. The minimum absolute atomic E-state index is 0.0372. The van der Waals surface area contributed by atoms with Crippen molar-refractivity contribution < 1.29 is 142 Å². The standard InChI is InChI=1S/C13H16O5.C12H14O5.C11H12O4S.C9H16O5.C8H14O5.C7H12O5/c1-13(2,3)7-18-10-5-8(11(14)15)4-9(6-10)12(16)17;1-12(2,3)17-9-5-7(10(13)14)4-8(6-9)11(15)16;1-6(2)16-9-4-7(10(12)13)3-8(5-9)11(14)15;1-9(2,3)5-14-6(8(12)13)4-7(10)11;1-8(2,3)13-5(7(11)12)4-6(9)10;1-4(2)12-5(7(10)11)3-6(8)9/h4-6H,7H2,1-3H3,(H,14,15)(H,16,17);4-6H,1-3H3,(H,13,14)(H,15,16);3-6H,1-2H3,(H,12,13)(H,14,15);6H,4-5H2,1-3H3,(H,10,11)(H,12,13);5H,4H2,1-3H3,(H,9,10)(H,11,12);4-5H,3H2,1-2H3,(H,8,9)(H,10,11)/p-6. The molecule has 0 aromatic heterocycles. The number of thioether (sulfide) groups is 1. The summed E-state index contributed by atoms with van der Waals surface area (Å²) in [6.45, 7) is 29.4. The maximum atomic E-state index is 10.9. The molecule has 6 N–H and O–H groups in total. The lowest BCUT2D eigenvalue weighted by Gasteiger charge is -2.25. The first kappa shape index (κ1) is 85.3. The van der Waals surface area contributed by atoms with E-state index in [2.05, 4.69) is 0 Å². The molecule has 30 heteroatoms. The lowest BCUT2D eigenvalue weighted by atomic mass is 9.98. The Bertz CT molecular complexity index is 2840. The molecule has 3 atom stereocenters. The number of carbonyl (C=O) groups is 12. The molecule has 3 aromatic carbocycles. The Balaban J connectivity index is -0.00000102. The van der Waals surface area contributed by atoms with Gasteiger partial charge in [-0.25, -0.2) is 28.8 Å². The summed E-state index contributed by atoms with van der Waals surface area (Å²) in [4.78, 5) is 127. The molecule has 0 aliphatic rings. The maximum Gasteiger partial charge on any atom is 0.335 e. The molecule has 3 unspecified atom stereocenters. The Morgan fingerprint density at radius 1 is 0.422 bits per heavy atom. The van der Waals surface area contributed by atoms with Crippen LogP contribution >= 0.6 is 11.8 Å². The van der Waals surface area contributed by atoms with E-state index >= 15 is 0 Å². The highest BCUT2D eigenvalue weighted by Gasteiger charge is 2.26. The van der Waals surface area contributed by atoms with Crippen molar-refractivity contribution in [1.82, 2.24) is 0 Å². The molecule has 3 rings (SSSR count). The van der Waals surface area contributed by atoms with Crippen LogP contribution in [0.5, 0.6) is 11.5 Å². The maximum absolute atomic E-state index is 10.9. The van der Waals surface area contributed by atoms with Crippen LogP contribution in [0, 0.1) is 10.8 Å². The van der Waals surface area contributed by atoms with Gasteiger partial charge >= 0.3 is 35.8 Å². The predicted molar refractivity (Wildman–Crippen MR) is 305 cm³/mol. The van der Waals surface area contributed by atoms with Crippen LogP contribution in [0.25, 0.3) is 0 Å². The van der Waals surface area contributed by atoms with Crippen LogP contribution in [0.1, 0.15) is 192 Å². The summed E-state index contributed by atoms with van der Waals surface area (Å²) < 4.78 is 25.6. The summed E-state index contributed by atoms with van der Waals surface area (Å²) in [5, 5.41) is 115. The van der Waals surface area contributed by atoms with Crippen LogP contribution in [0.2, 0.25) is 0 Å². The van der Waals surface area contributed by atoms with Crippen LogP contribution in [-0.4, -0.2) is 156 Å². The Morgan fingerprint density at radius 2 is 0.744 bits per heavy atom. The van der Waals surface area contributed by atoms with Crippen molar-refractivity contribution in [2.75, 3.05) is 13.2 Å². The minimum atomic E-state index is -1.44. The van der Waals surface area contributed by atoms with Crippen molar-refractivity contribution in [3.05, 3.63) is 88.0 Å². The van der Waals surface area contributed by atoms with Crippen molar-refractivity contribution in [3.63, 3.8) is 0 Å². The zero-order valence-electron chi connectivity index (χ0n) is 52.6. The fourth-order valence-electron chi connectivity index (χ4n) is 5.81. The largest absolute Gasteiger partial charge is 0.550 e. The van der Waals surface area contributed by atoms with E-state index in [1.807, 2.05) is 55.4 Å². The van der Waals surface area contributed by atoms with Gasteiger partial charge in [0.15, 0.2) is 18.3 Å². The van der Waals surface area contributed by atoms with E-state index in [0.717, 1.165) is 18.2 Å². The topological polar surface area (TPSA) is 511 Å². The molecule has 0 aliphatic heterocycles. The Hall–Kier alpha value is -8.87. The van der Waals surface area contributed by atoms with Gasteiger partial charge < -0.3 is 114 Å². The molecule has 0 amide bonds. The van der Waals surface area contributed by atoms with Gasteiger partial charge in [0.25, 0.3) is 0 Å². The molecule has 3 aromatic rings. The molecule has 0 fully saturated rings. The average molecular weight is 1300 g/mol. The van der Waals surface area contributed by atoms with Gasteiger partial charge in [-0.2, -0.15) is 0 Å². The zero-order valence-corrected chi connectivity index (χ0v) is 53.4. The first-order chi connectivity index (χ1) is 40.6. The van der Waals surface area contributed by atoms with Crippen molar-refractivity contribution >= 4 is 83.4 Å². The Kier molecular flexibility index (Phi) is 37.2. The van der Waals surface area contributed by atoms with Gasteiger partial charge in [-0.05, 0) is 126 Å². The third-order valence-electron chi connectivity index (χ3n) is 9.17. The monoisotopic (exact) mass is 1290 g/mol. The lowest BCUT2D eigenvalue weighted by Crippen LogP contribution is -2.38. The van der Waals surface area contributed by atoms with E-state index in [1.54, 1.807) is 55.4 Å². The van der Waals surface area contributed by atoms with Gasteiger partial charge in [-0.15, -0.1) is 11.8 Å². The van der Waals surface area contributed by atoms with Crippen LogP contribution < -0.4 is 40.1 Å². The number of rotatable bonds is 25. The highest BCUT2D eigenvalue weighted by atomic mass is 32.2. The molecule has 0 heterocycles. The molecule has 0 saturated carbocycles. The van der Waals surface area contributed by atoms with Crippen molar-refractivity contribution in [2.24, 2.45) is 10.8 Å². The minimum Gasteiger partial charge on any atom is -0.550 e. The number of carboxylic acid groups (broad SMARTS) is 12. The van der Waals surface area contributed by atoms with E-state index in [-0.39, 0.29) is 73.7 Å². The smallest absolute Gasteiger partial charge is 0.335 e. The molecule has 0 spiro atoms. The summed E-state index contributed by atoms with van der Waals surface area (Å²) in [7, 11) is 0. The predicted octanol–water partition coefficient (Wildman–Crippen LogP) is 1.39. The number of ether oxygens (including phenoxy) is 5. The Morgan fingerprint density at radius 3 is 1.06 bits per heavy atom. The molecule has 0 bridgehead atoms. The third-order valence-corrected chi connectivity index (χ3v) is 10.1. The third kappa shape index (κ3) is 43.7. The van der Waals surface area contributed by atoms with E-state index in [9.17, 15) is 88.2 Å². The zero-order chi connectivity index (χ0) is 71.2. The highest BCUT2D eigenvalue weighted by molar-refractivity contribution is 7.99. The van der Waals surface area contributed by atoms with E-state index in [1.165, 1.54) is 48.2 Å². The number of hydrogen-bond acceptors (Lipinski definition) is 24. The summed E-state index contributed by atoms with van der Waals surface area (Å²) in [6.07, 6.45) is -6.16. The number of carboxylic acids is 12. The van der Waals surface area contributed by atoms with Gasteiger partial charge in [0.2, 0.25) is 0 Å². The first-order valence-corrected chi connectivity index (χ1v) is 27.5. The first-order valence-electron chi connectivity index (χ1n) is 26.7. The second kappa shape index (κ2) is 39.2. The van der Waals surface area contributed by atoms with Crippen LogP contribution in [0.15, 0.2) is 59.5 Å². The molecule has 0 aliphatic carbocycles. The fourth-order valence-corrected chi connectivity index (χ4v) is 6.74. The quantitative estimate of drug-likeness (QED) is 0.0653. The number of benzene rings is 3. The number of aromatic carboxylic acids is 6. The number of aliphatic carboxylic acids is 6. The van der Waals surface area contributed by atoms with Gasteiger partial charge in [0, 0.05) is 58.4 Å². The molecule has 90 heavy (non-hydrogen) atoms. The van der Waals surface area contributed by atoms with Gasteiger partial charge in [0.1, 0.15) is 17.1 Å². The number of carbonyl (C=O) groups excluding carboxylic acids is 6. The molecular formula is C60H78O29S-6. The summed E-state index contributed by atoms with van der Waals surface area (Å²) in [5.74, 6) is -15.5. The van der Waals surface area contributed by atoms with E-state index < -0.39 is 120 Å². The second-order valence-corrected chi connectivity index (χ2v) is 25.4. The van der Waals surface area contributed by atoms with Gasteiger partial charge in [-0.3, -0.25) is 0 Å². The molecule has 29 nitrogen and oxygen atoms in total. The highest BCUT2D eigenvalue weighted by Crippen LogP contribution is 2.26. The van der Waals surface area contributed by atoms with E-state index in [4.69, 9.17) is 54.3 Å². The SMILES string of the molecule is CC(C)(C)COC(CC(=O)[O-])C(=O)O.CC(C)(C)COc1cc(C(=O)[O-])cc(C(=O)O)c1.CC(C)(C)OC(CC(=O)[O-])C(=O)O.CC(C)(C)Oc1cc(C(=O)[O-])cc(C(=O)O)c1.CC(C)OC(CC(=O)[O-])C(=O)O.CC(C)Sc1cc(C(=O)[O-])cc(C(=O)O)c1. The molecule has 0 saturated heterocycles. The normalized spacial score (nSPS) is 12.0. The fraction of sp³-hybridized carbons (Fsp3) is 0.500. The molecular weight excluding hydrogens is 1220 g/mol. The second-order valence-electron chi connectivity index (χ2n) is 23.7. The Labute approximate surface area is 523 Å². The molecule has 504 valence electrons. The van der Waals surface area contributed by atoms with Gasteiger partial charge in [-0.1, -0.05) is 55.4 Å². The lowest BCUT2D eigenvalue weighted by molar-refractivity contribution is -0.309. The summed E-state index contributed by atoms with van der Waals surface area (Å²) in [6, 6.07) is 11.1. The number of hydrogen-bond donors (Lipinski definition) is 6. The van der Waals surface area contributed by atoms with Crippen molar-refractivity contribution in [1.29, 1.82) is 0 Å². The van der Waals surface area contributed by atoms with E-state index in [0.29, 0.717) is 11.5 Å². The van der Waals surface area contributed by atoms with Crippen LogP contribution in [0.4, 0.5) is 0 Å². The van der Waals surface area contributed by atoms with Crippen LogP contribution in [-0.2, 0) is 43.0 Å². The average Bonchev–Trinajstić information content (AvgIpc) is 1.04. The summed E-state index contributed by atoms with van der Waals surface area (Å²) >= 11 is 1.41. The van der Waals surface area contributed by atoms with Crippen LogP contribution in [0.3, 0.4) is 0 Å².